The zero-order valence-corrected chi connectivity index (χ0v) is 14.9. The Hall–Kier alpha value is -3.10. The van der Waals surface area contributed by atoms with Crippen LogP contribution in [0, 0.1) is 0 Å². The number of fused-ring (bicyclic) bond motifs is 2. The van der Waals surface area contributed by atoms with Crippen LogP contribution < -0.4 is 15.0 Å². The number of aromatic nitrogens is 3. The molecule has 1 atom stereocenters. The highest BCUT2D eigenvalue weighted by molar-refractivity contribution is 7.13. The number of benzene rings is 1. The van der Waals surface area contributed by atoms with E-state index in [0.717, 1.165) is 10.6 Å². The summed E-state index contributed by atoms with van der Waals surface area (Å²) in [4.78, 5) is 13.8. The van der Waals surface area contributed by atoms with E-state index in [2.05, 4.69) is 5.10 Å². The Bertz CT molecular complexity index is 1180. The van der Waals surface area contributed by atoms with E-state index in [4.69, 9.17) is 9.47 Å². The van der Waals surface area contributed by atoms with Crippen LogP contribution in [0.1, 0.15) is 11.7 Å². The normalized spacial score (nSPS) is 14.0. The van der Waals surface area contributed by atoms with Gasteiger partial charge in [0, 0.05) is 12.4 Å². The smallest absolute Gasteiger partial charge is 0.276 e. The molecule has 4 heterocycles. The number of ether oxygens (including phenoxy) is 2. The average molecular weight is 381 g/mol. The van der Waals surface area contributed by atoms with Gasteiger partial charge in [0.1, 0.15) is 11.2 Å². The fourth-order valence-electron chi connectivity index (χ4n) is 3.13. The van der Waals surface area contributed by atoms with Crippen LogP contribution in [0.25, 0.3) is 16.1 Å². The van der Waals surface area contributed by atoms with Gasteiger partial charge in [-0.1, -0.05) is 12.1 Å². The summed E-state index contributed by atoms with van der Waals surface area (Å²) in [5.74, 6) is 1.26. The number of aliphatic hydroxyl groups is 1. The minimum atomic E-state index is -0.848. The second kappa shape index (κ2) is 6.26. The van der Waals surface area contributed by atoms with E-state index in [0.29, 0.717) is 22.6 Å². The lowest BCUT2D eigenvalue weighted by Crippen LogP contribution is -2.24. The zero-order valence-electron chi connectivity index (χ0n) is 14.1. The maximum Gasteiger partial charge on any atom is 0.276 e. The topological polar surface area (TPSA) is 78.0 Å². The summed E-state index contributed by atoms with van der Waals surface area (Å²) in [6, 6.07) is 11.0. The summed E-state index contributed by atoms with van der Waals surface area (Å²) in [7, 11) is 0. The van der Waals surface area contributed by atoms with Crippen LogP contribution in [-0.4, -0.2) is 26.1 Å². The van der Waals surface area contributed by atoms with Crippen molar-refractivity contribution in [2.75, 3.05) is 6.79 Å². The summed E-state index contributed by atoms with van der Waals surface area (Å²) < 4.78 is 13.7. The molecule has 1 aliphatic rings. The lowest BCUT2D eigenvalue weighted by Gasteiger charge is -2.13. The second-order valence-electron chi connectivity index (χ2n) is 6.22. The van der Waals surface area contributed by atoms with E-state index in [1.54, 1.807) is 52.5 Å². The van der Waals surface area contributed by atoms with Gasteiger partial charge in [-0.15, -0.1) is 11.3 Å². The molecule has 8 heteroatoms. The molecule has 0 spiro atoms. The van der Waals surface area contributed by atoms with Crippen molar-refractivity contribution in [1.82, 2.24) is 14.2 Å². The summed E-state index contributed by atoms with van der Waals surface area (Å²) in [6.07, 6.45) is 2.51. The van der Waals surface area contributed by atoms with Crippen LogP contribution >= 0.6 is 11.3 Å². The molecular formula is C19H15N3O4S. The van der Waals surface area contributed by atoms with Crippen molar-refractivity contribution in [3.63, 3.8) is 0 Å². The first-order valence-electron chi connectivity index (χ1n) is 8.39. The van der Waals surface area contributed by atoms with Crippen LogP contribution in [0.15, 0.2) is 59.0 Å². The average Bonchev–Trinajstić information content (AvgIpc) is 3.43. The van der Waals surface area contributed by atoms with Gasteiger partial charge in [0.15, 0.2) is 11.5 Å². The Kier molecular flexibility index (Phi) is 3.73. The predicted octanol–water partition coefficient (Wildman–Crippen LogP) is 2.69. The van der Waals surface area contributed by atoms with Gasteiger partial charge >= 0.3 is 0 Å². The standard InChI is InChI=1S/C19H15N3O4S/c23-15(12-3-4-16-17(8-12)26-11-25-16)10-21-5-6-22-14(19(21)24)9-13(20-22)18-2-1-7-27-18/h1-9,15,23H,10-11H2/t15-/m1/s1. The van der Waals surface area contributed by atoms with Crippen molar-refractivity contribution in [3.8, 4) is 22.1 Å². The minimum Gasteiger partial charge on any atom is -0.454 e. The Morgan fingerprint density at radius 1 is 1.19 bits per heavy atom. The van der Waals surface area contributed by atoms with Gasteiger partial charge in [0.25, 0.3) is 5.56 Å². The molecule has 1 aromatic carbocycles. The van der Waals surface area contributed by atoms with Gasteiger partial charge in [-0.3, -0.25) is 4.79 Å². The predicted molar refractivity (Wildman–Crippen MR) is 100 cm³/mol. The van der Waals surface area contributed by atoms with E-state index >= 15 is 0 Å². The number of thiophene rings is 1. The van der Waals surface area contributed by atoms with Crippen LogP contribution in [0.4, 0.5) is 0 Å². The third-order valence-corrected chi connectivity index (χ3v) is 5.42. The molecule has 0 saturated carbocycles. The fraction of sp³-hybridized carbons (Fsp3) is 0.158. The molecule has 0 bridgehead atoms. The first-order valence-corrected chi connectivity index (χ1v) is 9.27. The van der Waals surface area contributed by atoms with E-state index in [1.807, 2.05) is 17.5 Å². The van der Waals surface area contributed by atoms with E-state index in [1.165, 1.54) is 4.57 Å². The fourth-order valence-corrected chi connectivity index (χ4v) is 3.81. The molecular weight excluding hydrogens is 366 g/mol. The summed E-state index contributed by atoms with van der Waals surface area (Å²) in [6.45, 7) is 0.313. The Morgan fingerprint density at radius 2 is 2.07 bits per heavy atom. The van der Waals surface area contributed by atoms with Crippen LogP contribution in [-0.2, 0) is 6.54 Å². The first-order chi connectivity index (χ1) is 13.2. The Labute approximate surface area is 157 Å². The van der Waals surface area contributed by atoms with Crippen molar-refractivity contribution in [1.29, 1.82) is 0 Å². The SMILES string of the molecule is O=c1c2cc(-c3cccs3)nn2ccn1C[C@@H](O)c1ccc2c(c1)OCO2. The molecule has 0 fully saturated rings. The maximum absolute atomic E-state index is 12.8. The minimum absolute atomic E-state index is 0.133. The maximum atomic E-state index is 12.8. The van der Waals surface area contributed by atoms with Crippen molar-refractivity contribution < 1.29 is 14.6 Å². The third kappa shape index (κ3) is 2.79. The molecule has 1 aliphatic heterocycles. The van der Waals surface area contributed by atoms with Gasteiger partial charge < -0.3 is 19.1 Å². The summed E-state index contributed by atoms with van der Waals surface area (Å²) in [5, 5.41) is 17.0. The number of hydrogen-bond acceptors (Lipinski definition) is 6. The largest absolute Gasteiger partial charge is 0.454 e. The van der Waals surface area contributed by atoms with Gasteiger partial charge in [-0.2, -0.15) is 5.10 Å². The first kappa shape index (κ1) is 16.1. The highest BCUT2D eigenvalue weighted by atomic mass is 32.1. The number of aliphatic hydroxyl groups excluding tert-OH is 1. The van der Waals surface area contributed by atoms with Gasteiger partial charge in [0.05, 0.1) is 17.5 Å². The number of hydrogen-bond donors (Lipinski definition) is 1. The van der Waals surface area contributed by atoms with E-state index in [-0.39, 0.29) is 18.9 Å². The second-order valence-corrected chi connectivity index (χ2v) is 7.17. The molecule has 7 nitrogen and oxygen atoms in total. The lowest BCUT2D eigenvalue weighted by molar-refractivity contribution is 0.154. The highest BCUT2D eigenvalue weighted by Crippen LogP contribution is 2.34. The van der Waals surface area contributed by atoms with E-state index < -0.39 is 6.10 Å². The van der Waals surface area contributed by atoms with Gasteiger partial charge in [-0.05, 0) is 35.2 Å². The van der Waals surface area contributed by atoms with Crippen molar-refractivity contribution in [2.24, 2.45) is 0 Å². The van der Waals surface area contributed by atoms with Crippen LogP contribution in [0.2, 0.25) is 0 Å². The van der Waals surface area contributed by atoms with Crippen molar-refractivity contribution >= 4 is 16.9 Å². The molecule has 0 amide bonds. The third-order valence-electron chi connectivity index (χ3n) is 4.53. The van der Waals surface area contributed by atoms with Crippen LogP contribution in [0.3, 0.4) is 0 Å². The monoisotopic (exact) mass is 381 g/mol. The van der Waals surface area contributed by atoms with Crippen LogP contribution in [0.5, 0.6) is 11.5 Å². The molecule has 0 radical (unpaired) electrons. The highest BCUT2D eigenvalue weighted by Gasteiger charge is 2.18. The summed E-state index contributed by atoms with van der Waals surface area (Å²) in [5.41, 5.74) is 1.70. The molecule has 27 heavy (non-hydrogen) atoms. The zero-order chi connectivity index (χ0) is 18.4. The molecule has 5 rings (SSSR count). The Morgan fingerprint density at radius 3 is 2.93 bits per heavy atom. The van der Waals surface area contributed by atoms with Gasteiger partial charge in [-0.25, -0.2) is 4.52 Å². The van der Waals surface area contributed by atoms with Gasteiger partial charge in [0.2, 0.25) is 6.79 Å². The molecule has 3 aromatic heterocycles. The number of rotatable bonds is 4. The molecule has 0 saturated heterocycles. The molecule has 1 N–H and O–H groups in total. The molecule has 136 valence electrons. The lowest BCUT2D eigenvalue weighted by atomic mass is 10.1. The quantitative estimate of drug-likeness (QED) is 0.588. The molecule has 0 unspecified atom stereocenters. The van der Waals surface area contributed by atoms with Crippen molar-refractivity contribution in [3.05, 3.63) is 70.1 Å². The number of nitrogens with zero attached hydrogens (tertiary/aromatic N) is 3. The molecule has 0 aliphatic carbocycles. The summed E-state index contributed by atoms with van der Waals surface area (Å²) >= 11 is 1.57. The Balaban J connectivity index is 1.46. The van der Waals surface area contributed by atoms with E-state index in [9.17, 15) is 9.90 Å². The molecule has 4 aromatic rings. The van der Waals surface area contributed by atoms with Crippen molar-refractivity contribution in [2.45, 2.75) is 12.6 Å².